The van der Waals surface area contributed by atoms with Gasteiger partial charge < -0.3 is 14.8 Å². The number of hydrogen-bond donors (Lipinski definition) is 1. The molecule has 1 amide bonds. The van der Waals surface area contributed by atoms with Crippen LogP contribution in [0.2, 0.25) is 0 Å². The maximum absolute atomic E-state index is 12.3. The first-order valence-electron chi connectivity index (χ1n) is 9.16. The summed E-state index contributed by atoms with van der Waals surface area (Å²) in [6, 6.07) is 8.55. The number of imidazole rings is 1. The highest BCUT2D eigenvalue weighted by Crippen LogP contribution is 2.18. The quantitative estimate of drug-likeness (QED) is 0.910. The zero-order valence-corrected chi connectivity index (χ0v) is 15.4. The number of amides is 1. The van der Waals surface area contributed by atoms with Gasteiger partial charge in [0, 0.05) is 37.2 Å². The van der Waals surface area contributed by atoms with Crippen LogP contribution in [0.1, 0.15) is 44.1 Å². The lowest BCUT2D eigenvalue weighted by Gasteiger charge is -2.30. The number of nitrogens with one attached hydrogen (secondary N) is 1. The molecule has 0 aliphatic carbocycles. The molecule has 1 fully saturated rings. The molecular weight excluding hydrogens is 312 g/mol. The van der Waals surface area contributed by atoms with E-state index < -0.39 is 0 Å². The number of nitrogens with zero attached hydrogens (tertiary/aromatic N) is 3. The molecule has 2 heterocycles. The van der Waals surface area contributed by atoms with Gasteiger partial charge in [0.1, 0.15) is 5.82 Å². The van der Waals surface area contributed by atoms with Crippen LogP contribution in [0, 0.1) is 12.8 Å². The van der Waals surface area contributed by atoms with Crippen molar-refractivity contribution >= 4 is 5.91 Å². The second-order valence-corrected chi connectivity index (χ2v) is 7.10. The second kappa shape index (κ2) is 7.83. The molecule has 25 heavy (non-hydrogen) atoms. The Balaban J connectivity index is 1.54. The summed E-state index contributed by atoms with van der Waals surface area (Å²) in [4.78, 5) is 18.6. The molecule has 1 saturated heterocycles. The number of benzene rings is 1. The van der Waals surface area contributed by atoms with Crippen LogP contribution in [-0.4, -0.2) is 40.0 Å². The van der Waals surface area contributed by atoms with Gasteiger partial charge >= 0.3 is 0 Å². The highest BCUT2D eigenvalue weighted by atomic mass is 16.2. The van der Waals surface area contributed by atoms with Gasteiger partial charge in [-0.3, -0.25) is 4.79 Å². The summed E-state index contributed by atoms with van der Waals surface area (Å²) in [5.41, 5.74) is 2.28. The van der Waals surface area contributed by atoms with Gasteiger partial charge in [0.25, 0.3) is 0 Å². The second-order valence-electron chi connectivity index (χ2n) is 7.10. The Morgan fingerprint density at radius 3 is 2.56 bits per heavy atom. The minimum atomic E-state index is 0.144. The van der Waals surface area contributed by atoms with E-state index in [0.29, 0.717) is 6.54 Å². The van der Waals surface area contributed by atoms with Crippen LogP contribution in [-0.2, 0) is 4.79 Å². The van der Waals surface area contributed by atoms with E-state index in [2.05, 4.69) is 53.0 Å². The van der Waals surface area contributed by atoms with Crippen molar-refractivity contribution in [2.45, 2.75) is 39.7 Å². The minimum Gasteiger partial charge on any atom is -0.342 e. The lowest BCUT2D eigenvalue weighted by atomic mass is 9.99. The molecule has 5 nitrogen and oxygen atoms in total. The van der Waals surface area contributed by atoms with Gasteiger partial charge in [0.15, 0.2) is 0 Å². The van der Waals surface area contributed by atoms with Crippen molar-refractivity contribution in [1.82, 2.24) is 19.8 Å². The number of aromatic nitrogens is 2. The highest BCUT2D eigenvalue weighted by Gasteiger charge is 2.20. The molecule has 2 aromatic rings. The van der Waals surface area contributed by atoms with E-state index in [4.69, 9.17) is 0 Å². The van der Waals surface area contributed by atoms with Crippen molar-refractivity contribution in [2.75, 3.05) is 19.6 Å². The summed E-state index contributed by atoms with van der Waals surface area (Å²) >= 11 is 0. The van der Waals surface area contributed by atoms with Crippen molar-refractivity contribution < 1.29 is 4.79 Å². The summed E-state index contributed by atoms with van der Waals surface area (Å²) in [5.74, 6) is 1.93. The van der Waals surface area contributed by atoms with Gasteiger partial charge in [-0.05, 0) is 50.3 Å². The minimum absolute atomic E-state index is 0.144. The molecule has 1 N–H and O–H groups in total. The van der Waals surface area contributed by atoms with Crippen molar-refractivity contribution in [3.63, 3.8) is 0 Å². The summed E-state index contributed by atoms with van der Waals surface area (Å²) in [5, 5.41) is 3.36. The monoisotopic (exact) mass is 340 g/mol. The topological polar surface area (TPSA) is 50.2 Å². The lowest BCUT2D eigenvalue weighted by molar-refractivity contribution is -0.131. The Bertz CT molecular complexity index is 699. The van der Waals surface area contributed by atoms with Crippen LogP contribution in [0.3, 0.4) is 0 Å². The fourth-order valence-electron chi connectivity index (χ4n) is 3.30. The van der Waals surface area contributed by atoms with E-state index in [1.165, 1.54) is 5.56 Å². The van der Waals surface area contributed by atoms with Gasteiger partial charge in [-0.25, -0.2) is 4.98 Å². The predicted octanol–water partition coefficient (Wildman–Crippen LogP) is 3.09. The molecule has 1 aliphatic heterocycles. The molecule has 0 radical (unpaired) electrons. The molecule has 134 valence electrons. The van der Waals surface area contributed by atoms with E-state index in [9.17, 15) is 4.79 Å². The molecule has 5 heteroatoms. The van der Waals surface area contributed by atoms with E-state index in [-0.39, 0.29) is 11.9 Å². The molecular formula is C20H28N4O. The summed E-state index contributed by atoms with van der Waals surface area (Å²) in [6.45, 7) is 8.55. The first-order valence-corrected chi connectivity index (χ1v) is 9.16. The van der Waals surface area contributed by atoms with Crippen LogP contribution < -0.4 is 5.32 Å². The van der Waals surface area contributed by atoms with Gasteiger partial charge in [-0.1, -0.05) is 19.1 Å². The van der Waals surface area contributed by atoms with Gasteiger partial charge in [-0.2, -0.15) is 0 Å². The number of carbonyl (C=O) groups excluding carboxylic acids is 1. The van der Waals surface area contributed by atoms with Crippen LogP contribution in [0.25, 0.3) is 5.69 Å². The summed E-state index contributed by atoms with van der Waals surface area (Å²) in [6.07, 6.45) is 6.01. The Morgan fingerprint density at radius 2 is 1.96 bits per heavy atom. The summed E-state index contributed by atoms with van der Waals surface area (Å²) in [7, 11) is 0. The molecule has 0 saturated carbocycles. The number of likely N-dealkylation sites (tertiary alicyclic amines) is 1. The van der Waals surface area contributed by atoms with E-state index in [1.807, 2.05) is 18.0 Å². The molecule has 1 aromatic carbocycles. The Morgan fingerprint density at radius 1 is 1.28 bits per heavy atom. The smallest absolute Gasteiger partial charge is 0.236 e. The molecule has 3 rings (SSSR count). The molecule has 0 unspecified atom stereocenters. The SMILES string of the molecule is Cc1nccn1-c1ccc([C@@H](C)NCC(=O)N2CCC(C)CC2)cc1. The van der Waals surface area contributed by atoms with Crippen molar-refractivity contribution in [3.8, 4) is 5.69 Å². The predicted molar refractivity (Wildman–Crippen MR) is 99.7 cm³/mol. The van der Waals surface area contributed by atoms with Crippen LogP contribution >= 0.6 is 0 Å². The first-order chi connectivity index (χ1) is 12.0. The molecule has 1 aliphatic rings. The molecule has 0 spiro atoms. The van der Waals surface area contributed by atoms with Gasteiger partial charge in [0.2, 0.25) is 5.91 Å². The Hall–Kier alpha value is -2.14. The number of rotatable bonds is 5. The number of piperidine rings is 1. The van der Waals surface area contributed by atoms with Crippen LogP contribution in [0.5, 0.6) is 0 Å². The third-order valence-corrected chi connectivity index (χ3v) is 5.19. The number of hydrogen-bond acceptors (Lipinski definition) is 3. The number of carbonyl (C=O) groups is 1. The Kier molecular flexibility index (Phi) is 5.53. The zero-order chi connectivity index (χ0) is 17.8. The third kappa shape index (κ3) is 4.28. The average Bonchev–Trinajstić information content (AvgIpc) is 3.06. The molecule has 1 atom stereocenters. The Labute approximate surface area is 150 Å². The summed E-state index contributed by atoms with van der Waals surface area (Å²) < 4.78 is 2.06. The third-order valence-electron chi connectivity index (χ3n) is 5.19. The maximum Gasteiger partial charge on any atom is 0.236 e. The standard InChI is InChI=1S/C20H28N4O/c1-15-8-11-23(12-9-15)20(25)14-22-16(2)18-4-6-19(7-5-18)24-13-10-21-17(24)3/h4-7,10,13,15-16,22H,8-9,11-12,14H2,1-3H3/t16-/m1/s1. The van der Waals surface area contributed by atoms with E-state index in [1.54, 1.807) is 6.20 Å². The van der Waals surface area contributed by atoms with Crippen molar-refractivity contribution in [2.24, 2.45) is 5.92 Å². The lowest BCUT2D eigenvalue weighted by Crippen LogP contribution is -2.43. The fraction of sp³-hybridized carbons (Fsp3) is 0.500. The van der Waals surface area contributed by atoms with Crippen molar-refractivity contribution in [1.29, 1.82) is 0 Å². The van der Waals surface area contributed by atoms with Crippen LogP contribution in [0.4, 0.5) is 0 Å². The van der Waals surface area contributed by atoms with Gasteiger partial charge in [0.05, 0.1) is 6.54 Å². The molecule has 0 bridgehead atoms. The van der Waals surface area contributed by atoms with Gasteiger partial charge in [-0.15, -0.1) is 0 Å². The largest absolute Gasteiger partial charge is 0.342 e. The van der Waals surface area contributed by atoms with E-state index in [0.717, 1.165) is 43.4 Å². The van der Waals surface area contributed by atoms with Crippen LogP contribution in [0.15, 0.2) is 36.7 Å². The number of aryl methyl sites for hydroxylation is 1. The first kappa shape index (κ1) is 17.7. The average molecular weight is 340 g/mol. The van der Waals surface area contributed by atoms with E-state index >= 15 is 0 Å². The highest BCUT2D eigenvalue weighted by molar-refractivity contribution is 5.78. The normalized spacial score (nSPS) is 16.8. The van der Waals surface area contributed by atoms with Crippen molar-refractivity contribution in [3.05, 3.63) is 48.0 Å². The fourth-order valence-corrected chi connectivity index (χ4v) is 3.30. The maximum atomic E-state index is 12.3. The zero-order valence-electron chi connectivity index (χ0n) is 15.4. The molecule has 1 aromatic heterocycles.